The number of primary amides is 1. The van der Waals surface area contributed by atoms with Crippen molar-refractivity contribution in [2.45, 2.75) is 13.8 Å². The topological polar surface area (TPSA) is 46.3 Å². The molecule has 0 fully saturated rings. The highest BCUT2D eigenvalue weighted by atomic mass is 16.1. The molecule has 0 aromatic carbocycles. The Kier molecular flexibility index (Phi) is 3.65. The lowest BCUT2D eigenvalue weighted by Crippen LogP contribution is -2.25. The number of hydrogen-bond donors (Lipinski definition) is 1. The summed E-state index contributed by atoms with van der Waals surface area (Å²) in [7, 11) is 3.61. The zero-order valence-electron chi connectivity index (χ0n) is 7.59. The normalized spacial score (nSPS) is 11.9. The van der Waals surface area contributed by atoms with Gasteiger partial charge in [-0.2, -0.15) is 0 Å². The molecular weight excluding hydrogens is 140 g/mol. The number of nitrogens with zero attached hydrogens (tertiary/aromatic N) is 1. The Hall–Kier alpha value is -0.990. The molecule has 0 heterocycles. The van der Waals surface area contributed by atoms with E-state index in [0.29, 0.717) is 11.6 Å². The molecule has 0 radical (unpaired) electrons. The SMILES string of the molecule is CC(C)C=C(C(N)=O)N(C)C. The van der Waals surface area contributed by atoms with Crippen LogP contribution in [0.15, 0.2) is 11.8 Å². The van der Waals surface area contributed by atoms with Crippen molar-refractivity contribution in [1.29, 1.82) is 0 Å². The molecule has 1 amide bonds. The molecule has 0 saturated carbocycles. The molecule has 0 aliphatic rings. The van der Waals surface area contributed by atoms with E-state index in [9.17, 15) is 4.79 Å². The van der Waals surface area contributed by atoms with Gasteiger partial charge < -0.3 is 10.6 Å². The maximum Gasteiger partial charge on any atom is 0.264 e. The summed E-state index contributed by atoms with van der Waals surface area (Å²) >= 11 is 0. The van der Waals surface area contributed by atoms with Crippen molar-refractivity contribution in [1.82, 2.24) is 4.90 Å². The van der Waals surface area contributed by atoms with Gasteiger partial charge >= 0.3 is 0 Å². The first-order valence-electron chi connectivity index (χ1n) is 3.64. The molecule has 0 spiro atoms. The van der Waals surface area contributed by atoms with Crippen LogP contribution in [0, 0.1) is 5.92 Å². The molecule has 0 aromatic rings. The molecule has 64 valence electrons. The van der Waals surface area contributed by atoms with Crippen molar-refractivity contribution in [2.75, 3.05) is 14.1 Å². The molecule has 0 aromatic heterocycles. The lowest BCUT2D eigenvalue weighted by atomic mass is 10.2. The van der Waals surface area contributed by atoms with E-state index < -0.39 is 0 Å². The van der Waals surface area contributed by atoms with Gasteiger partial charge in [0.2, 0.25) is 0 Å². The minimum absolute atomic E-state index is 0.347. The van der Waals surface area contributed by atoms with Crippen molar-refractivity contribution >= 4 is 5.91 Å². The van der Waals surface area contributed by atoms with Gasteiger partial charge in [-0.15, -0.1) is 0 Å². The summed E-state index contributed by atoms with van der Waals surface area (Å²) in [6.45, 7) is 4.01. The van der Waals surface area contributed by atoms with E-state index in [1.54, 1.807) is 19.0 Å². The summed E-state index contributed by atoms with van der Waals surface area (Å²) in [5.41, 5.74) is 5.71. The van der Waals surface area contributed by atoms with Crippen molar-refractivity contribution in [3.63, 3.8) is 0 Å². The van der Waals surface area contributed by atoms with Crippen LogP contribution in [0.25, 0.3) is 0 Å². The summed E-state index contributed by atoms with van der Waals surface area (Å²) in [4.78, 5) is 12.5. The molecular formula is C8H16N2O. The molecule has 3 heteroatoms. The van der Waals surface area contributed by atoms with Gasteiger partial charge in [0.05, 0.1) is 5.70 Å². The molecule has 0 aliphatic carbocycles. The highest BCUT2D eigenvalue weighted by molar-refractivity contribution is 5.91. The smallest absolute Gasteiger partial charge is 0.264 e. The molecule has 0 bridgehead atoms. The van der Waals surface area contributed by atoms with E-state index >= 15 is 0 Å². The average molecular weight is 156 g/mol. The van der Waals surface area contributed by atoms with Crippen LogP contribution in [0.3, 0.4) is 0 Å². The van der Waals surface area contributed by atoms with Crippen LogP contribution < -0.4 is 5.73 Å². The highest BCUT2D eigenvalue weighted by Gasteiger charge is 2.06. The first-order chi connectivity index (χ1) is 4.95. The Morgan fingerprint density at radius 2 is 1.91 bits per heavy atom. The quantitative estimate of drug-likeness (QED) is 0.607. The van der Waals surface area contributed by atoms with Gasteiger partial charge in [0.15, 0.2) is 0 Å². The third-order valence-electron chi connectivity index (χ3n) is 1.23. The van der Waals surface area contributed by atoms with Crippen LogP contribution in [-0.2, 0) is 4.79 Å². The minimum atomic E-state index is -0.372. The first kappa shape index (κ1) is 10.0. The Bertz CT molecular complexity index is 171. The van der Waals surface area contributed by atoms with Gasteiger partial charge in [-0.3, -0.25) is 4.79 Å². The van der Waals surface area contributed by atoms with Gasteiger partial charge in [-0.05, 0) is 5.92 Å². The third-order valence-corrected chi connectivity index (χ3v) is 1.23. The third kappa shape index (κ3) is 3.65. The second-order valence-electron chi connectivity index (χ2n) is 3.05. The van der Waals surface area contributed by atoms with E-state index in [1.807, 2.05) is 19.9 Å². The fourth-order valence-corrected chi connectivity index (χ4v) is 0.767. The van der Waals surface area contributed by atoms with Crippen LogP contribution in [0.2, 0.25) is 0 Å². The van der Waals surface area contributed by atoms with Crippen molar-refractivity contribution in [2.24, 2.45) is 11.7 Å². The summed E-state index contributed by atoms with van der Waals surface area (Å²) in [5.74, 6) is -0.0244. The van der Waals surface area contributed by atoms with E-state index in [0.717, 1.165) is 0 Å². The molecule has 0 rings (SSSR count). The van der Waals surface area contributed by atoms with Crippen LogP contribution in [0.1, 0.15) is 13.8 Å². The highest BCUT2D eigenvalue weighted by Crippen LogP contribution is 2.03. The molecule has 11 heavy (non-hydrogen) atoms. The second-order valence-corrected chi connectivity index (χ2v) is 3.05. The second kappa shape index (κ2) is 4.01. The fourth-order valence-electron chi connectivity index (χ4n) is 0.767. The summed E-state index contributed by atoms with van der Waals surface area (Å²) in [6, 6.07) is 0. The monoisotopic (exact) mass is 156 g/mol. The van der Waals surface area contributed by atoms with Crippen LogP contribution >= 0.6 is 0 Å². The molecule has 3 nitrogen and oxygen atoms in total. The number of carbonyl (C=O) groups is 1. The average Bonchev–Trinajstić information content (AvgIpc) is 1.81. The Balaban J connectivity index is 4.47. The maximum atomic E-state index is 10.8. The lowest BCUT2D eigenvalue weighted by Gasteiger charge is -2.14. The van der Waals surface area contributed by atoms with Crippen LogP contribution in [0.4, 0.5) is 0 Å². The number of amides is 1. The Labute approximate surface area is 67.9 Å². The van der Waals surface area contributed by atoms with Crippen molar-refractivity contribution in [3.8, 4) is 0 Å². The maximum absolute atomic E-state index is 10.8. The Morgan fingerprint density at radius 3 is 2.00 bits per heavy atom. The van der Waals surface area contributed by atoms with E-state index in [4.69, 9.17) is 5.73 Å². The summed E-state index contributed by atoms with van der Waals surface area (Å²) < 4.78 is 0. The summed E-state index contributed by atoms with van der Waals surface area (Å²) in [5, 5.41) is 0. The number of rotatable bonds is 3. The van der Waals surface area contributed by atoms with Crippen LogP contribution in [0.5, 0.6) is 0 Å². The molecule has 2 N–H and O–H groups in total. The first-order valence-corrected chi connectivity index (χ1v) is 3.64. The molecule has 0 atom stereocenters. The molecule has 0 aliphatic heterocycles. The number of hydrogen-bond acceptors (Lipinski definition) is 2. The lowest BCUT2D eigenvalue weighted by molar-refractivity contribution is -0.115. The van der Waals surface area contributed by atoms with Crippen molar-refractivity contribution in [3.05, 3.63) is 11.8 Å². The van der Waals surface area contributed by atoms with Gasteiger partial charge in [-0.1, -0.05) is 19.9 Å². The Morgan fingerprint density at radius 1 is 1.45 bits per heavy atom. The minimum Gasteiger partial charge on any atom is -0.373 e. The standard InChI is InChI=1S/C8H16N2O/c1-6(2)5-7(8(9)11)10(3)4/h5-6H,1-4H3,(H2,9,11). The largest absolute Gasteiger partial charge is 0.373 e. The predicted octanol–water partition coefficient (Wildman–Crippen LogP) is 0.573. The van der Waals surface area contributed by atoms with E-state index in [-0.39, 0.29) is 5.91 Å². The van der Waals surface area contributed by atoms with E-state index in [2.05, 4.69) is 0 Å². The van der Waals surface area contributed by atoms with Crippen molar-refractivity contribution < 1.29 is 4.79 Å². The van der Waals surface area contributed by atoms with E-state index in [1.165, 1.54) is 0 Å². The van der Waals surface area contributed by atoms with Gasteiger partial charge in [0.1, 0.15) is 0 Å². The summed E-state index contributed by atoms with van der Waals surface area (Å²) in [6.07, 6.45) is 1.85. The number of carbonyl (C=O) groups excluding carboxylic acids is 1. The van der Waals surface area contributed by atoms with Gasteiger partial charge in [0.25, 0.3) is 5.91 Å². The fraction of sp³-hybridized carbons (Fsp3) is 0.625. The zero-order chi connectivity index (χ0) is 9.02. The number of nitrogens with two attached hydrogens (primary N) is 1. The predicted molar refractivity (Wildman–Crippen MR) is 45.8 cm³/mol. The number of allylic oxidation sites excluding steroid dienone is 1. The molecule has 0 saturated heterocycles. The van der Waals surface area contributed by atoms with Crippen LogP contribution in [-0.4, -0.2) is 24.9 Å². The number of likely N-dealkylation sites (N-methyl/N-ethyl adjacent to an activating group) is 1. The van der Waals surface area contributed by atoms with Gasteiger partial charge in [0, 0.05) is 14.1 Å². The zero-order valence-corrected chi connectivity index (χ0v) is 7.59. The van der Waals surface area contributed by atoms with Gasteiger partial charge in [-0.25, -0.2) is 0 Å². The molecule has 0 unspecified atom stereocenters.